The van der Waals surface area contributed by atoms with Crippen molar-refractivity contribution in [2.75, 3.05) is 32.7 Å². The van der Waals surface area contributed by atoms with Crippen LogP contribution >= 0.6 is 0 Å². The minimum atomic E-state index is -0.116. The molecule has 0 aliphatic rings. The maximum absolute atomic E-state index is 11.8. The standard InChI is InChI=1S/C15H29N3O2/c1-6-15(20)18(12-11-17(7-2)8-3)10-9-14(19)16-13(4)5/h6,13H,1,7-12H2,2-5H3,(H,16,19). The smallest absolute Gasteiger partial charge is 0.246 e. The lowest BCUT2D eigenvalue weighted by atomic mass is 10.3. The van der Waals surface area contributed by atoms with E-state index in [0.29, 0.717) is 19.5 Å². The summed E-state index contributed by atoms with van der Waals surface area (Å²) in [5, 5.41) is 2.83. The van der Waals surface area contributed by atoms with Crippen LogP contribution in [0.4, 0.5) is 0 Å². The quantitative estimate of drug-likeness (QED) is 0.614. The molecule has 2 amide bonds. The average molecular weight is 283 g/mol. The van der Waals surface area contributed by atoms with Crippen LogP contribution in [0, 0.1) is 0 Å². The van der Waals surface area contributed by atoms with E-state index in [4.69, 9.17) is 0 Å². The summed E-state index contributed by atoms with van der Waals surface area (Å²) in [6, 6.07) is 0.127. The Morgan fingerprint density at radius 2 is 1.75 bits per heavy atom. The number of nitrogens with zero attached hydrogens (tertiary/aromatic N) is 2. The van der Waals surface area contributed by atoms with Crippen molar-refractivity contribution in [2.24, 2.45) is 0 Å². The van der Waals surface area contributed by atoms with Crippen molar-refractivity contribution in [2.45, 2.75) is 40.2 Å². The van der Waals surface area contributed by atoms with E-state index in [9.17, 15) is 9.59 Å². The predicted molar refractivity (Wildman–Crippen MR) is 82.5 cm³/mol. The number of likely N-dealkylation sites (N-methyl/N-ethyl adjacent to an activating group) is 1. The molecule has 0 fully saturated rings. The van der Waals surface area contributed by atoms with E-state index in [-0.39, 0.29) is 17.9 Å². The second-order valence-electron chi connectivity index (χ2n) is 5.03. The molecule has 0 saturated carbocycles. The largest absolute Gasteiger partial charge is 0.354 e. The number of amides is 2. The van der Waals surface area contributed by atoms with Crippen molar-refractivity contribution < 1.29 is 9.59 Å². The van der Waals surface area contributed by atoms with Gasteiger partial charge < -0.3 is 15.1 Å². The minimum Gasteiger partial charge on any atom is -0.354 e. The van der Waals surface area contributed by atoms with Gasteiger partial charge in [0.15, 0.2) is 0 Å². The molecule has 0 aromatic rings. The molecule has 20 heavy (non-hydrogen) atoms. The Kier molecular flexibility index (Phi) is 9.72. The highest BCUT2D eigenvalue weighted by Gasteiger charge is 2.13. The van der Waals surface area contributed by atoms with Gasteiger partial charge in [0.25, 0.3) is 0 Å². The van der Waals surface area contributed by atoms with Gasteiger partial charge in [0.2, 0.25) is 11.8 Å². The molecule has 0 radical (unpaired) electrons. The maximum atomic E-state index is 11.8. The zero-order chi connectivity index (χ0) is 15.5. The van der Waals surface area contributed by atoms with Crippen LogP contribution in [-0.4, -0.2) is 60.4 Å². The van der Waals surface area contributed by atoms with Crippen molar-refractivity contribution >= 4 is 11.8 Å². The first-order chi connectivity index (χ1) is 9.44. The lowest BCUT2D eigenvalue weighted by Gasteiger charge is -2.25. The Balaban J connectivity index is 4.32. The van der Waals surface area contributed by atoms with Crippen molar-refractivity contribution in [3.63, 3.8) is 0 Å². The minimum absolute atomic E-state index is 0.0234. The summed E-state index contributed by atoms with van der Waals surface area (Å²) in [5.41, 5.74) is 0. The van der Waals surface area contributed by atoms with E-state index in [1.54, 1.807) is 4.90 Å². The van der Waals surface area contributed by atoms with Crippen LogP contribution in [0.25, 0.3) is 0 Å². The molecule has 116 valence electrons. The first-order valence-electron chi connectivity index (χ1n) is 7.37. The Hall–Kier alpha value is -1.36. The molecule has 0 saturated heterocycles. The highest BCUT2D eigenvalue weighted by atomic mass is 16.2. The summed E-state index contributed by atoms with van der Waals surface area (Å²) < 4.78 is 0. The van der Waals surface area contributed by atoms with E-state index < -0.39 is 0 Å². The molecule has 0 aliphatic carbocycles. The van der Waals surface area contributed by atoms with Gasteiger partial charge in [0, 0.05) is 32.1 Å². The Bertz CT molecular complexity index is 312. The first-order valence-corrected chi connectivity index (χ1v) is 7.37. The summed E-state index contributed by atoms with van der Waals surface area (Å²) in [5.74, 6) is -0.140. The molecule has 0 aromatic carbocycles. The highest BCUT2D eigenvalue weighted by molar-refractivity contribution is 5.87. The van der Waals surface area contributed by atoms with Gasteiger partial charge in [-0.3, -0.25) is 9.59 Å². The molecule has 0 bridgehead atoms. The Morgan fingerprint density at radius 3 is 2.20 bits per heavy atom. The van der Waals surface area contributed by atoms with Gasteiger partial charge in [-0.15, -0.1) is 0 Å². The van der Waals surface area contributed by atoms with E-state index in [2.05, 4.69) is 30.6 Å². The molecule has 0 unspecified atom stereocenters. The van der Waals surface area contributed by atoms with Crippen LogP contribution in [0.1, 0.15) is 34.1 Å². The van der Waals surface area contributed by atoms with Crippen molar-refractivity contribution in [3.05, 3.63) is 12.7 Å². The van der Waals surface area contributed by atoms with Crippen molar-refractivity contribution in [1.82, 2.24) is 15.1 Å². The van der Waals surface area contributed by atoms with Gasteiger partial charge in [-0.2, -0.15) is 0 Å². The summed E-state index contributed by atoms with van der Waals surface area (Å²) >= 11 is 0. The molecule has 0 heterocycles. The van der Waals surface area contributed by atoms with Gasteiger partial charge in [0.1, 0.15) is 0 Å². The summed E-state index contributed by atoms with van der Waals surface area (Å²) in [7, 11) is 0. The van der Waals surface area contributed by atoms with E-state index in [0.717, 1.165) is 19.6 Å². The number of nitrogens with one attached hydrogen (secondary N) is 1. The zero-order valence-electron chi connectivity index (χ0n) is 13.3. The lowest BCUT2D eigenvalue weighted by molar-refractivity contribution is -0.127. The number of carbonyl (C=O) groups is 2. The number of rotatable bonds is 10. The molecule has 0 aromatic heterocycles. The van der Waals surface area contributed by atoms with Crippen LogP contribution in [-0.2, 0) is 9.59 Å². The van der Waals surface area contributed by atoms with Gasteiger partial charge in [-0.1, -0.05) is 20.4 Å². The van der Waals surface area contributed by atoms with Gasteiger partial charge in [0.05, 0.1) is 0 Å². The summed E-state index contributed by atoms with van der Waals surface area (Å²) in [6.07, 6.45) is 1.64. The molecular weight excluding hydrogens is 254 g/mol. The molecule has 0 spiro atoms. The van der Waals surface area contributed by atoms with Crippen LogP contribution in [0.3, 0.4) is 0 Å². The van der Waals surface area contributed by atoms with Gasteiger partial charge in [-0.05, 0) is 33.0 Å². The average Bonchev–Trinajstić information content (AvgIpc) is 2.41. The molecule has 5 nitrogen and oxygen atoms in total. The van der Waals surface area contributed by atoms with E-state index >= 15 is 0 Å². The molecule has 5 heteroatoms. The van der Waals surface area contributed by atoms with Crippen LogP contribution in [0.5, 0.6) is 0 Å². The van der Waals surface area contributed by atoms with Gasteiger partial charge in [-0.25, -0.2) is 0 Å². The molecule has 1 N–H and O–H groups in total. The third-order valence-corrected chi connectivity index (χ3v) is 3.13. The monoisotopic (exact) mass is 283 g/mol. The third-order valence-electron chi connectivity index (χ3n) is 3.13. The van der Waals surface area contributed by atoms with Crippen molar-refractivity contribution in [3.8, 4) is 0 Å². The highest BCUT2D eigenvalue weighted by Crippen LogP contribution is 1.97. The topological polar surface area (TPSA) is 52.7 Å². The lowest BCUT2D eigenvalue weighted by Crippen LogP contribution is -2.40. The molecule has 0 rings (SSSR count). The number of carbonyl (C=O) groups excluding carboxylic acids is 2. The molecule has 0 atom stereocenters. The van der Waals surface area contributed by atoms with E-state index in [1.807, 2.05) is 13.8 Å². The van der Waals surface area contributed by atoms with Crippen LogP contribution in [0.2, 0.25) is 0 Å². The fourth-order valence-corrected chi connectivity index (χ4v) is 1.89. The fraction of sp³-hybridized carbons (Fsp3) is 0.733. The van der Waals surface area contributed by atoms with Gasteiger partial charge >= 0.3 is 0 Å². The number of hydrogen-bond acceptors (Lipinski definition) is 3. The normalized spacial score (nSPS) is 10.7. The first kappa shape index (κ1) is 18.6. The van der Waals surface area contributed by atoms with Crippen LogP contribution < -0.4 is 5.32 Å². The third kappa shape index (κ3) is 7.94. The maximum Gasteiger partial charge on any atom is 0.246 e. The Morgan fingerprint density at radius 1 is 1.15 bits per heavy atom. The fourth-order valence-electron chi connectivity index (χ4n) is 1.89. The summed E-state index contributed by atoms with van der Waals surface area (Å²) in [4.78, 5) is 27.4. The molecule has 0 aliphatic heterocycles. The van der Waals surface area contributed by atoms with E-state index in [1.165, 1.54) is 6.08 Å². The Labute approximate surface area is 123 Å². The second kappa shape index (κ2) is 10.4. The zero-order valence-corrected chi connectivity index (χ0v) is 13.3. The second-order valence-corrected chi connectivity index (χ2v) is 5.03. The van der Waals surface area contributed by atoms with Crippen molar-refractivity contribution in [1.29, 1.82) is 0 Å². The summed E-state index contributed by atoms with van der Waals surface area (Å²) in [6.45, 7) is 15.4. The SMILES string of the molecule is C=CC(=O)N(CCC(=O)NC(C)C)CCN(CC)CC. The predicted octanol–water partition coefficient (Wildman–Crippen LogP) is 1.26. The molecular formula is C15H29N3O2. The van der Waals surface area contributed by atoms with Crippen LogP contribution in [0.15, 0.2) is 12.7 Å². The number of hydrogen-bond donors (Lipinski definition) is 1.